The third kappa shape index (κ3) is 3.45. The Morgan fingerprint density at radius 1 is 1.45 bits per heavy atom. The van der Waals surface area contributed by atoms with Gasteiger partial charge in [-0.3, -0.25) is 10.1 Å². The molecule has 0 radical (unpaired) electrons. The second-order valence-electron chi connectivity index (χ2n) is 4.99. The van der Waals surface area contributed by atoms with Crippen LogP contribution in [0.1, 0.15) is 19.8 Å². The Labute approximate surface area is 133 Å². The van der Waals surface area contributed by atoms with Crippen LogP contribution in [0.2, 0.25) is 0 Å². The van der Waals surface area contributed by atoms with E-state index in [4.69, 9.17) is 9.47 Å². The van der Waals surface area contributed by atoms with E-state index in [1.165, 1.54) is 11.3 Å². The molecule has 1 aromatic carbocycles. The Balaban J connectivity index is 1.66. The number of nitrogens with one attached hydrogen (secondary N) is 1. The van der Waals surface area contributed by atoms with Crippen molar-refractivity contribution < 1.29 is 14.3 Å². The van der Waals surface area contributed by atoms with Crippen molar-refractivity contribution in [3.8, 4) is 17.0 Å². The quantitative estimate of drug-likeness (QED) is 0.918. The fraction of sp³-hybridized carbons (Fsp3) is 0.375. The molecule has 6 heteroatoms. The number of amides is 1. The summed E-state index contributed by atoms with van der Waals surface area (Å²) in [4.78, 5) is 16.4. The summed E-state index contributed by atoms with van der Waals surface area (Å²) in [6.45, 7) is 3.26. The fourth-order valence-corrected chi connectivity index (χ4v) is 3.05. The van der Waals surface area contributed by atoms with Gasteiger partial charge in [-0.2, -0.15) is 0 Å². The molecule has 116 valence electrons. The molecule has 5 nitrogen and oxygen atoms in total. The maximum absolute atomic E-state index is 12.0. The van der Waals surface area contributed by atoms with Gasteiger partial charge >= 0.3 is 0 Å². The summed E-state index contributed by atoms with van der Waals surface area (Å²) in [6.07, 6.45) is 1.38. The largest absolute Gasteiger partial charge is 0.494 e. The van der Waals surface area contributed by atoms with Crippen molar-refractivity contribution in [2.75, 3.05) is 18.5 Å². The number of hydrogen-bond acceptors (Lipinski definition) is 5. The van der Waals surface area contributed by atoms with Crippen LogP contribution in [-0.2, 0) is 9.53 Å². The first-order valence-electron chi connectivity index (χ1n) is 7.37. The number of thiazole rings is 1. The van der Waals surface area contributed by atoms with Gasteiger partial charge in [0, 0.05) is 17.6 Å². The van der Waals surface area contributed by atoms with Crippen LogP contribution in [0.5, 0.6) is 5.75 Å². The molecule has 1 saturated heterocycles. The van der Waals surface area contributed by atoms with Crippen molar-refractivity contribution >= 4 is 22.4 Å². The smallest absolute Gasteiger partial charge is 0.255 e. The zero-order chi connectivity index (χ0) is 15.4. The van der Waals surface area contributed by atoms with Crippen LogP contribution in [0, 0.1) is 0 Å². The zero-order valence-corrected chi connectivity index (χ0v) is 13.2. The normalized spacial score (nSPS) is 17.4. The highest BCUT2D eigenvalue weighted by atomic mass is 32.1. The number of ether oxygens (including phenoxy) is 2. The average molecular weight is 318 g/mol. The summed E-state index contributed by atoms with van der Waals surface area (Å²) in [5.74, 6) is 0.735. The highest BCUT2D eigenvalue weighted by molar-refractivity contribution is 7.14. The molecule has 1 N–H and O–H groups in total. The molecule has 1 fully saturated rings. The van der Waals surface area contributed by atoms with Crippen LogP contribution in [0.15, 0.2) is 29.6 Å². The highest BCUT2D eigenvalue weighted by Crippen LogP contribution is 2.27. The minimum atomic E-state index is -0.335. The van der Waals surface area contributed by atoms with E-state index in [0.29, 0.717) is 18.3 Å². The summed E-state index contributed by atoms with van der Waals surface area (Å²) in [5, 5.41) is 5.36. The first kappa shape index (κ1) is 15.0. The molecule has 1 atom stereocenters. The molecule has 0 spiro atoms. The number of anilines is 1. The molecule has 1 aromatic heterocycles. The minimum absolute atomic E-state index is 0.106. The van der Waals surface area contributed by atoms with E-state index in [2.05, 4.69) is 10.3 Å². The van der Waals surface area contributed by atoms with Gasteiger partial charge in [-0.25, -0.2) is 4.98 Å². The van der Waals surface area contributed by atoms with Crippen LogP contribution < -0.4 is 10.1 Å². The number of nitrogens with zero attached hydrogens (tertiary/aromatic N) is 1. The molecule has 2 heterocycles. The van der Waals surface area contributed by atoms with Gasteiger partial charge in [0.15, 0.2) is 5.13 Å². The van der Waals surface area contributed by atoms with E-state index in [1.54, 1.807) is 0 Å². The fourth-order valence-electron chi connectivity index (χ4n) is 2.32. The van der Waals surface area contributed by atoms with E-state index >= 15 is 0 Å². The predicted octanol–water partition coefficient (Wildman–Crippen LogP) is 3.33. The third-order valence-corrected chi connectivity index (χ3v) is 4.18. The van der Waals surface area contributed by atoms with Gasteiger partial charge in [-0.05, 0) is 44.0 Å². The third-order valence-electron chi connectivity index (χ3n) is 3.42. The Morgan fingerprint density at radius 3 is 2.95 bits per heavy atom. The van der Waals surface area contributed by atoms with E-state index in [1.807, 2.05) is 36.6 Å². The predicted molar refractivity (Wildman–Crippen MR) is 86.3 cm³/mol. The Bertz CT molecular complexity index is 633. The lowest BCUT2D eigenvalue weighted by atomic mass is 10.2. The minimum Gasteiger partial charge on any atom is -0.494 e. The molecule has 22 heavy (non-hydrogen) atoms. The molecule has 0 aliphatic carbocycles. The maximum Gasteiger partial charge on any atom is 0.255 e. The molecule has 3 rings (SSSR count). The monoisotopic (exact) mass is 318 g/mol. The molecule has 1 aliphatic heterocycles. The van der Waals surface area contributed by atoms with E-state index in [9.17, 15) is 4.79 Å². The van der Waals surface area contributed by atoms with Gasteiger partial charge in [-0.1, -0.05) is 0 Å². The number of carbonyl (C=O) groups excluding carboxylic acids is 1. The molecule has 1 aliphatic rings. The second kappa shape index (κ2) is 6.89. The van der Waals surface area contributed by atoms with Gasteiger partial charge in [0.1, 0.15) is 11.9 Å². The van der Waals surface area contributed by atoms with Crippen LogP contribution in [-0.4, -0.2) is 30.2 Å². The average Bonchev–Trinajstić information content (AvgIpc) is 3.19. The maximum atomic E-state index is 12.0. The van der Waals surface area contributed by atoms with Gasteiger partial charge in [0.25, 0.3) is 5.91 Å². The van der Waals surface area contributed by atoms with Crippen molar-refractivity contribution in [2.24, 2.45) is 0 Å². The molecular formula is C16H18N2O3S. The molecular weight excluding hydrogens is 300 g/mol. The van der Waals surface area contributed by atoms with Gasteiger partial charge in [0.05, 0.1) is 12.3 Å². The lowest BCUT2D eigenvalue weighted by molar-refractivity contribution is -0.124. The van der Waals surface area contributed by atoms with Crippen molar-refractivity contribution in [1.29, 1.82) is 0 Å². The zero-order valence-electron chi connectivity index (χ0n) is 12.4. The van der Waals surface area contributed by atoms with Crippen LogP contribution in [0.25, 0.3) is 11.3 Å². The first-order chi connectivity index (χ1) is 10.8. The van der Waals surface area contributed by atoms with E-state index in [0.717, 1.165) is 29.8 Å². The summed E-state index contributed by atoms with van der Waals surface area (Å²) in [7, 11) is 0. The molecule has 0 unspecified atom stereocenters. The Morgan fingerprint density at radius 2 is 2.27 bits per heavy atom. The van der Waals surface area contributed by atoms with Crippen molar-refractivity contribution in [3.63, 3.8) is 0 Å². The lowest BCUT2D eigenvalue weighted by Crippen LogP contribution is -2.26. The number of aromatic nitrogens is 1. The van der Waals surface area contributed by atoms with Crippen molar-refractivity contribution in [3.05, 3.63) is 29.6 Å². The Hall–Kier alpha value is -1.92. The number of rotatable bonds is 5. The van der Waals surface area contributed by atoms with Gasteiger partial charge in [-0.15, -0.1) is 11.3 Å². The Kier molecular flexibility index (Phi) is 4.70. The van der Waals surface area contributed by atoms with E-state index < -0.39 is 0 Å². The summed E-state index contributed by atoms with van der Waals surface area (Å²) in [6, 6.07) is 7.77. The van der Waals surface area contributed by atoms with Crippen LogP contribution in [0.3, 0.4) is 0 Å². The van der Waals surface area contributed by atoms with Crippen molar-refractivity contribution in [2.45, 2.75) is 25.9 Å². The van der Waals surface area contributed by atoms with Crippen LogP contribution in [0.4, 0.5) is 5.13 Å². The van der Waals surface area contributed by atoms with Gasteiger partial charge in [0.2, 0.25) is 0 Å². The summed E-state index contributed by atoms with van der Waals surface area (Å²) >= 11 is 1.42. The molecule has 1 amide bonds. The topological polar surface area (TPSA) is 60.5 Å². The number of hydrogen-bond donors (Lipinski definition) is 1. The lowest BCUT2D eigenvalue weighted by Gasteiger charge is -2.07. The number of carbonyl (C=O) groups is 1. The van der Waals surface area contributed by atoms with E-state index in [-0.39, 0.29) is 12.0 Å². The van der Waals surface area contributed by atoms with Gasteiger partial charge < -0.3 is 9.47 Å². The molecule has 0 bridgehead atoms. The highest BCUT2D eigenvalue weighted by Gasteiger charge is 2.24. The second-order valence-corrected chi connectivity index (χ2v) is 5.84. The van der Waals surface area contributed by atoms with Crippen molar-refractivity contribution in [1.82, 2.24) is 4.98 Å². The SMILES string of the molecule is CCOc1ccc(-c2csc(NC(=O)[C@H]3CCCO3)n2)cc1. The van der Waals surface area contributed by atoms with Crippen LogP contribution >= 0.6 is 11.3 Å². The summed E-state index contributed by atoms with van der Waals surface area (Å²) in [5.41, 5.74) is 1.84. The summed E-state index contributed by atoms with van der Waals surface area (Å²) < 4.78 is 10.8. The standard InChI is InChI=1S/C16H18N2O3S/c1-2-20-12-7-5-11(6-8-12)13-10-22-16(17-13)18-15(19)14-4-3-9-21-14/h5-8,10,14H,2-4,9H2,1H3,(H,17,18,19)/t14-/m1/s1. The number of benzene rings is 1. The molecule has 2 aromatic rings. The molecule has 0 saturated carbocycles. The first-order valence-corrected chi connectivity index (χ1v) is 8.25.